The molecule has 1 aromatic rings. The van der Waals surface area contributed by atoms with E-state index in [0.717, 1.165) is 70.2 Å². The second-order valence-corrected chi connectivity index (χ2v) is 7.09. The van der Waals surface area contributed by atoms with Crippen molar-refractivity contribution < 1.29 is 4.79 Å². The molecule has 2 aliphatic rings. The first-order valence-electron chi connectivity index (χ1n) is 9.27. The topological polar surface area (TPSA) is 66.3 Å². The normalized spacial score (nSPS) is 22.8. The molecule has 1 N–H and O–H groups in total. The van der Waals surface area contributed by atoms with Gasteiger partial charge >= 0.3 is 0 Å². The van der Waals surface area contributed by atoms with E-state index in [2.05, 4.69) is 43.9 Å². The lowest BCUT2D eigenvalue weighted by Gasteiger charge is -2.28. The van der Waals surface area contributed by atoms with E-state index in [0.29, 0.717) is 6.54 Å². The van der Waals surface area contributed by atoms with Crippen LogP contribution in [0.3, 0.4) is 0 Å². The number of fused-ring (bicyclic) bond motifs is 1. The van der Waals surface area contributed by atoms with Crippen molar-refractivity contribution in [2.75, 3.05) is 39.8 Å². The zero-order valence-electron chi connectivity index (χ0n) is 15.0. The molecule has 1 fully saturated rings. The van der Waals surface area contributed by atoms with E-state index >= 15 is 0 Å². The maximum Gasteiger partial charge on any atom is 0.224 e. The van der Waals surface area contributed by atoms with Crippen LogP contribution < -0.4 is 5.32 Å². The van der Waals surface area contributed by atoms with E-state index in [1.807, 2.05) is 0 Å². The van der Waals surface area contributed by atoms with Gasteiger partial charge in [-0.1, -0.05) is 6.92 Å². The summed E-state index contributed by atoms with van der Waals surface area (Å²) in [6.45, 7) is 8.79. The highest BCUT2D eigenvalue weighted by Gasteiger charge is 2.24. The van der Waals surface area contributed by atoms with Gasteiger partial charge in [-0.2, -0.15) is 0 Å². The van der Waals surface area contributed by atoms with Crippen LogP contribution in [0, 0.1) is 5.92 Å². The average Bonchev–Trinajstić information content (AvgIpc) is 2.86. The van der Waals surface area contributed by atoms with Crippen molar-refractivity contribution in [2.24, 2.45) is 5.92 Å². The lowest BCUT2D eigenvalue weighted by atomic mass is 9.98. The van der Waals surface area contributed by atoms with Gasteiger partial charge in [0.05, 0.1) is 12.5 Å². The van der Waals surface area contributed by atoms with E-state index in [4.69, 9.17) is 0 Å². The second-order valence-electron chi connectivity index (χ2n) is 7.09. The predicted octanol–water partition coefficient (Wildman–Crippen LogP) is 0.504. The fourth-order valence-corrected chi connectivity index (χ4v) is 3.79. The summed E-state index contributed by atoms with van der Waals surface area (Å²) in [5.74, 6) is 2.20. The molecule has 1 amide bonds. The lowest BCUT2D eigenvalue weighted by Crippen LogP contribution is -2.41. The van der Waals surface area contributed by atoms with Crippen molar-refractivity contribution in [1.82, 2.24) is 29.9 Å². The fourth-order valence-electron chi connectivity index (χ4n) is 3.79. The van der Waals surface area contributed by atoms with Crippen LogP contribution in [0.1, 0.15) is 37.8 Å². The van der Waals surface area contributed by atoms with E-state index in [1.54, 1.807) is 0 Å². The standard InChI is InChI=1S/C17H30N6O/c1-3-7-22-9-6-15-19-20-16(23(15)11-10-22)12-18-17(24)14-5-4-8-21(2)13-14/h14H,3-13H2,1-2H3,(H,18,24). The van der Waals surface area contributed by atoms with Gasteiger partial charge in [0.1, 0.15) is 5.82 Å². The molecule has 0 saturated carbocycles. The molecule has 24 heavy (non-hydrogen) atoms. The number of rotatable bonds is 5. The number of carbonyl (C=O) groups is 1. The van der Waals surface area contributed by atoms with E-state index in [1.165, 1.54) is 6.42 Å². The summed E-state index contributed by atoms with van der Waals surface area (Å²) >= 11 is 0. The van der Waals surface area contributed by atoms with Gasteiger partial charge in [-0.15, -0.1) is 10.2 Å². The van der Waals surface area contributed by atoms with Gasteiger partial charge in [-0.25, -0.2) is 0 Å². The quantitative estimate of drug-likeness (QED) is 0.850. The Morgan fingerprint density at radius 3 is 2.92 bits per heavy atom. The molecule has 7 heteroatoms. The van der Waals surface area contributed by atoms with E-state index in [-0.39, 0.29) is 11.8 Å². The Bertz CT molecular complexity index is 557. The van der Waals surface area contributed by atoms with Crippen LogP contribution in [0.2, 0.25) is 0 Å². The largest absolute Gasteiger partial charge is 0.349 e. The van der Waals surface area contributed by atoms with Crippen LogP contribution in [-0.4, -0.2) is 70.2 Å². The average molecular weight is 334 g/mol. The number of piperidine rings is 1. The maximum atomic E-state index is 12.4. The molecule has 0 spiro atoms. The van der Waals surface area contributed by atoms with Gasteiger partial charge in [-0.05, 0) is 39.4 Å². The molecule has 1 unspecified atom stereocenters. The third kappa shape index (κ3) is 4.13. The molecule has 134 valence electrons. The van der Waals surface area contributed by atoms with Crippen LogP contribution in [0.5, 0.6) is 0 Å². The first-order chi connectivity index (χ1) is 11.7. The molecular formula is C17H30N6O. The Hall–Kier alpha value is -1.47. The minimum Gasteiger partial charge on any atom is -0.349 e. The Labute approximate surface area is 144 Å². The van der Waals surface area contributed by atoms with Crippen molar-refractivity contribution in [1.29, 1.82) is 0 Å². The summed E-state index contributed by atoms with van der Waals surface area (Å²) in [4.78, 5) is 17.1. The molecule has 3 heterocycles. The fraction of sp³-hybridized carbons (Fsp3) is 0.824. The number of amides is 1. The zero-order chi connectivity index (χ0) is 16.9. The molecule has 0 aliphatic carbocycles. The first kappa shape index (κ1) is 17.4. The molecule has 2 aliphatic heterocycles. The minimum atomic E-state index is 0.107. The Balaban J connectivity index is 1.55. The number of aromatic nitrogens is 3. The molecular weight excluding hydrogens is 304 g/mol. The molecule has 1 saturated heterocycles. The summed E-state index contributed by atoms with van der Waals surface area (Å²) in [6, 6.07) is 0. The summed E-state index contributed by atoms with van der Waals surface area (Å²) in [5.41, 5.74) is 0. The molecule has 1 atom stereocenters. The lowest BCUT2D eigenvalue weighted by molar-refractivity contribution is -0.126. The smallest absolute Gasteiger partial charge is 0.224 e. The summed E-state index contributed by atoms with van der Waals surface area (Å²) < 4.78 is 2.20. The molecule has 1 aromatic heterocycles. The minimum absolute atomic E-state index is 0.107. The van der Waals surface area contributed by atoms with Crippen molar-refractivity contribution in [2.45, 2.75) is 45.7 Å². The number of nitrogens with zero attached hydrogens (tertiary/aromatic N) is 5. The summed E-state index contributed by atoms with van der Waals surface area (Å²) in [7, 11) is 2.08. The molecule has 3 rings (SSSR count). The third-order valence-corrected chi connectivity index (χ3v) is 5.15. The Kier molecular flexibility index (Phi) is 5.84. The van der Waals surface area contributed by atoms with E-state index < -0.39 is 0 Å². The maximum absolute atomic E-state index is 12.4. The highest BCUT2D eigenvalue weighted by molar-refractivity contribution is 5.78. The van der Waals surface area contributed by atoms with Crippen LogP contribution in [-0.2, 0) is 24.3 Å². The first-order valence-corrected chi connectivity index (χ1v) is 9.27. The van der Waals surface area contributed by atoms with E-state index in [9.17, 15) is 4.79 Å². The van der Waals surface area contributed by atoms with Crippen LogP contribution in [0.25, 0.3) is 0 Å². The molecule has 0 aromatic carbocycles. The third-order valence-electron chi connectivity index (χ3n) is 5.15. The van der Waals surface area contributed by atoms with Crippen LogP contribution in [0.15, 0.2) is 0 Å². The summed E-state index contributed by atoms with van der Waals surface area (Å²) in [6.07, 6.45) is 4.20. The van der Waals surface area contributed by atoms with Gasteiger partial charge < -0.3 is 19.7 Å². The van der Waals surface area contributed by atoms with Gasteiger partial charge in [0.2, 0.25) is 5.91 Å². The number of likely N-dealkylation sites (tertiary alicyclic amines) is 1. The van der Waals surface area contributed by atoms with Gasteiger partial charge in [0.25, 0.3) is 0 Å². The van der Waals surface area contributed by atoms with Crippen LogP contribution >= 0.6 is 0 Å². The van der Waals surface area contributed by atoms with Gasteiger partial charge in [0, 0.05) is 32.6 Å². The van der Waals surface area contributed by atoms with Crippen LogP contribution in [0.4, 0.5) is 0 Å². The number of nitrogens with one attached hydrogen (secondary N) is 1. The molecule has 7 nitrogen and oxygen atoms in total. The SMILES string of the molecule is CCCN1CCc2nnc(CNC(=O)C3CCCN(C)C3)n2CC1. The van der Waals surface area contributed by atoms with Crippen molar-refractivity contribution >= 4 is 5.91 Å². The highest BCUT2D eigenvalue weighted by atomic mass is 16.1. The molecule has 0 radical (unpaired) electrons. The number of carbonyl (C=O) groups excluding carboxylic acids is 1. The second kappa shape index (κ2) is 8.07. The van der Waals surface area contributed by atoms with Crippen molar-refractivity contribution in [3.8, 4) is 0 Å². The summed E-state index contributed by atoms with van der Waals surface area (Å²) in [5, 5.41) is 11.7. The highest BCUT2D eigenvalue weighted by Crippen LogP contribution is 2.15. The Morgan fingerprint density at radius 1 is 1.25 bits per heavy atom. The number of hydrogen-bond donors (Lipinski definition) is 1. The Morgan fingerprint density at radius 2 is 2.12 bits per heavy atom. The zero-order valence-corrected chi connectivity index (χ0v) is 15.0. The predicted molar refractivity (Wildman–Crippen MR) is 92.5 cm³/mol. The van der Waals surface area contributed by atoms with Crippen molar-refractivity contribution in [3.63, 3.8) is 0 Å². The van der Waals surface area contributed by atoms with Gasteiger partial charge in [-0.3, -0.25) is 4.79 Å². The van der Waals surface area contributed by atoms with Gasteiger partial charge in [0.15, 0.2) is 5.82 Å². The molecule has 0 bridgehead atoms. The van der Waals surface area contributed by atoms with Crippen molar-refractivity contribution in [3.05, 3.63) is 11.6 Å². The number of hydrogen-bond acceptors (Lipinski definition) is 5. The monoisotopic (exact) mass is 334 g/mol.